The summed E-state index contributed by atoms with van der Waals surface area (Å²) in [6.07, 6.45) is 4.42. The SMILES string of the molecule is Cc1ccnn1-c1ccc(C(=O)NCc2ccccc2C[NH+]2CCCC2)cc1. The number of amides is 1. The molecule has 1 aliphatic heterocycles. The molecule has 0 spiro atoms. The lowest BCUT2D eigenvalue weighted by Gasteiger charge is -2.15. The first-order chi connectivity index (χ1) is 13.7. The average molecular weight is 375 g/mol. The van der Waals surface area contributed by atoms with E-state index in [1.54, 1.807) is 11.1 Å². The Hall–Kier alpha value is -2.92. The van der Waals surface area contributed by atoms with Gasteiger partial charge in [0.2, 0.25) is 0 Å². The van der Waals surface area contributed by atoms with Gasteiger partial charge in [0, 0.05) is 42.4 Å². The van der Waals surface area contributed by atoms with E-state index in [1.807, 2.05) is 48.0 Å². The van der Waals surface area contributed by atoms with Crippen LogP contribution in [0.2, 0.25) is 0 Å². The lowest BCUT2D eigenvalue weighted by atomic mass is 10.1. The van der Waals surface area contributed by atoms with Crippen LogP contribution in [0.4, 0.5) is 0 Å². The Bertz CT molecular complexity index is 939. The molecule has 2 N–H and O–H groups in total. The molecule has 5 heteroatoms. The van der Waals surface area contributed by atoms with Crippen LogP contribution in [0.5, 0.6) is 0 Å². The van der Waals surface area contributed by atoms with E-state index < -0.39 is 0 Å². The smallest absolute Gasteiger partial charge is 0.251 e. The van der Waals surface area contributed by atoms with Crippen LogP contribution in [0.3, 0.4) is 0 Å². The number of nitrogens with one attached hydrogen (secondary N) is 2. The van der Waals surface area contributed by atoms with Crippen molar-refractivity contribution in [3.63, 3.8) is 0 Å². The fourth-order valence-corrected chi connectivity index (χ4v) is 3.89. The molecule has 0 atom stereocenters. The fraction of sp³-hybridized carbons (Fsp3) is 0.304. The van der Waals surface area contributed by atoms with Crippen LogP contribution in [0.1, 0.15) is 40.0 Å². The summed E-state index contributed by atoms with van der Waals surface area (Å²) in [5, 5.41) is 7.38. The molecule has 0 radical (unpaired) electrons. The molecule has 1 aliphatic rings. The van der Waals surface area contributed by atoms with Crippen molar-refractivity contribution in [1.29, 1.82) is 0 Å². The molecule has 1 aromatic heterocycles. The monoisotopic (exact) mass is 375 g/mol. The largest absolute Gasteiger partial charge is 0.348 e. The van der Waals surface area contributed by atoms with Gasteiger partial charge in [-0.15, -0.1) is 0 Å². The predicted octanol–water partition coefficient (Wildman–Crippen LogP) is 2.29. The summed E-state index contributed by atoms with van der Waals surface area (Å²) >= 11 is 0. The van der Waals surface area contributed by atoms with Gasteiger partial charge >= 0.3 is 0 Å². The number of hydrogen-bond donors (Lipinski definition) is 2. The fourth-order valence-electron chi connectivity index (χ4n) is 3.89. The van der Waals surface area contributed by atoms with Crippen LogP contribution in [0.15, 0.2) is 60.8 Å². The highest BCUT2D eigenvalue weighted by molar-refractivity contribution is 5.94. The minimum Gasteiger partial charge on any atom is -0.348 e. The van der Waals surface area contributed by atoms with Crippen LogP contribution in [-0.2, 0) is 13.1 Å². The minimum atomic E-state index is -0.0490. The van der Waals surface area contributed by atoms with Gasteiger partial charge in [-0.2, -0.15) is 5.10 Å². The highest BCUT2D eigenvalue weighted by Crippen LogP contribution is 2.12. The maximum absolute atomic E-state index is 12.6. The second-order valence-electron chi connectivity index (χ2n) is 7.52. The average Bonchev–Trinajstić information content (AvgIpc) is 3.39. The third-order valence-electron chi connectivity index (χ3n) is 5.51. The van der Waals surface area contributed by atoms with Gasteiger partial charge in [-0.05, 0) is 42.8 Å². The van der Waals surface area contributed by atoms with E-state index in [0.29, 0.717) is 12.1 Å². The summed E-state index contributed by atoms with van der Waals surface area (Å²) in [6.45, 7) is 6.12. The summed E-state index contributed by atoms with van der Waals surface area (Å²) in [5.41, 5.74) is 5.23. The van der Waals surface area contributed by atoms with Crippen LogP contribution >= 0.6 is 0 Å². The Balaban J connectivity index is 1.40. The lowest BCUT2D eigenvalue weighted by Crippen LogP contribution is -3.08. The van der Waals surface area contributed by atoms with Gasteiger partial charge < -0.3 is 10.2 Å². The van der Waals surface area contributed by atoms with Crippen molar-refractivity contribution in [2.24, 2.45) is 0 Å². The van der Waals surface area contributed by atoms with Crippen LogP contribution in [0, 0.1) is 6.92 Å². The van der Waals surface area contributed by atoms with Gasteiger partial charge in [0.1, 0.15) is 6.54 Å². The van der Waals surface area contributed by atoms with Gasteiger partial charge in [0.25, 0.3) is 5.91 Å². The molecule has 1 fully saturated rings. The molecule has 1 amide bonds. The van der Waals surface area contributed by atoms with E-state index in [2.05, 4.69) is 28.6 Å². The number of hydrogen-bond acceptors (Lipinski definition) is 2. The van der Waals surface area contributed by atoms with Crippen molar-refractivity contribution in [2.45, 2.75) is 32.9 Å². The highest BCUT2D eigenvalue weighted by atomic mass is 16.1. The number of carbonyl (C=O) groups is 1. The number of nitrogens with zero attached hydrogens (tertiary/aromatic N) is 2. The van der Waals surface area contributed by atoms with Crippen molar-refractivity contribution in [2.75, 3.05) is 13.1 Å². The minimum absolute atomic E-state index is 0.0490. The van der Waals surface area contributed by atoms with Gasteiger partial charge in [-0.3, -0.25) is 4.79 Å². The number of aryl methyl sites for hydroxylation is 1. The van der Waals surface area contributed by atoms with Crippen LogP contribution in [0.25, 0.3) is 5.69 Å². The first-order valence-electron chi connectivity index (χ1n) is 10.0. The molecule has 0 aliphatic carbocycles. The number of quaternary nitrogens is 1. The Morgan fingerprint density at radius 3 is 2.43 bits per heavy atom. The van der Waals surface area contributed by atoms with Gasteiger partial charge in [-0.1, -0.05) is 24.3 Å². The topological polar surface area (TPSA) is 51.4 Å². The van der Waals surface area contributed by atoms with E-state index in [-0.39, 0.29) is 5.91 Å². The third-order valence-corrected chi connectivity index (χ3v) is 5.51. The predicted molar refractivity (Wildman–Crippen MR) is 110 cm³/mol. The zero-order chi connectivity index (χ0) is 19.3. The highest BCUT2D eigenvalue weighted by Gasteiger charge is 2.17. The second-order valence-corrected chi connectivity index (χ2v) is 7.52. The molecule has 3 aromatic rings. The summed E-state index contributed by atoms with van der Waals surface area (Å²) in [7, 11) is 0. The molecule has 4 rings (SSSR count). The number of carbonyl (C=O) groups excluding carboxylic acids is 1. The van der Waals surface area contributed by atoms with E-state index in [0.717, 1.165) is 17.9 Å². The number of benzene rings is 2. The number of aromatic nitrogens is 2. The molecule has 0 unspecified atom stereocenters. The maximum Gasteiger partial charge on any atom is 0.251 e. The summed E-state index contributed by atoms with van der Waals surface area (Å²) < 4.78 is 1.86. The molecule has 0 bridgehead atoms. The Morgan fingerprint density at radius 2 is 1.75 bits per heavy atom. The Morgan fingerprint density at radius 1 is 1.04 bits per heavy atom. The van der Waals surface area contributed by atoms with Gasteiger partial charge in [-0.25, -0.2) is 4.68 Å². The van der Waals surface area contributed by atoms with Crippen LogP contribution < -0.4 is 10.2 Å². The zero-order valence-corrected chi connectivity index (χ0v) is 16.3. The van der Waals surface area contributed by atoms with Crippen molar-refractivity contribution >= 4 is 5.91 Å². The van der Waals surface area contributed by atoms with Crippen LogP contribution in [-0.4, -0.2) is 28.8 Å². The van der Waals surface area contributed by atoms with Crippen molar-refractivity contribution < 1.29 is 9.69 Å². The second kappa shape index (κ2) is 8.40. The molecule has 1 saturated heterocycles. The normalized spacial score (nSPS) is 14.3. The van der Waals surface area contributed by atoms with E-state index in [4.69, 9.17) is 0 Å². The van der Waals surface area contributed by atoms with Gasteiger partial charge in [0.05, 0.1) is 18.8 Å². The lowest BCUT2D eigenvalue weighted by molar-refractivity contribution is -0.901. The number of rotatable bonds is 6. The summed E-state index contributed by atoms with van der Waals surface area (Å²) in [5.74, 6) is -0.0490. The quantitative estimate of drug-likeness (QED) is 0.695. The molecule has 144 valence electrons. The first kappa shape index (κ1) is 18.4. The third kappa shape index (κ3) is 4.15. The molecular formula is C23H27N4O+. The number of likely N-dealkylation sites (tertiary alicyclic amines) is 1. The van der Waals surface area contributed by atoms with Crippen molar-refractivity contribution in [1.82, 2.24) is 15.1 Å². The molecular weight excluding hydrogens is 348 g/mol. The zero-order valence-electron chi connectivity index (χ0n) is 16.3. The molecule has 5 nitrogen and oxygen atoms in total. The van der Waals surface area contributed by atoms with Crippen molar-refractivity contribution in [3.8, 4) is 5.69 Å². The molecule has 28 heavy (non-hydrogen) atoms. The molecule has 0 saturated carbocycles. The van der Waals surface area contributed by atoms with E-state index in [1.165, 1.54) is 37.1 Å². The standard InChI is InChI=1S/C23H26N4O/c1-18-12-13-25-27(18)22-10-8-19(9-11-22)23(28)24-16-20-6-2-3-7-21(20)17-26-14-4-5-15-26/h2-3,6-13H,4-5,14-17H2,1H3,(H,24,28)/p+1. The molecule has 2 heterocycles. The molecule has 2 aromatic carbocycles. The van der Waals surface area contributed by atoms with Crippen molar-refractivity contribution in [3.05, 3.63) is 83.2 Å². The summed E-state index contributed by atoms with van der Waals surface area (Å²) in [4.78, 5) is 14.2. The van der Waals surface area contributed by atoms with E-state index in [9.17, 15) is 4.79 Å². The maximum atomic E-state index is 12.6. The first-order valence-corrected chi connectivity index (χ1v) is 10.0. The Labute approximate surface area is 166 Å². The Kier molecular flexibility index (Phi) is 5.53. The van der Waals surface area contributed by atoms with E-state index >= 15 is 0 Å². The van der Waals surface area contributed by atoms with Gasteiger partial charge in [0.15, 0.2) is 0 Å². The summed E-state index contributed by atoms with van der Waals surface area (Å²) in [6, 6.07) is 18.0.